The average molecular weight is 581 g/mol. The highest BCUT2D eigenvalue weighted by Gasteiger charge is 2.35. The van der Waals surface area contributed by atoms with E-state index in [-0.39, 0.29) is 38.0 Å². The number of nitrogens with zero attached hydrogens (tertiary/aromatic N) is 1. The molecule has 1 heterocycles. The Morgan fingerprint density at radius 2 is 1.66 bits per heavy atom. The Hall–Kier alpha value is -3.85. The van der Waals surface area contributed by atoms with Gasteiger partial charge in [0.1, 0.15) is 30.8 Å². The Kier molecular flexibility index (Phi) is 9.75. The summed E-state index contributed by atoms with van der Waals surface area (Å²) < 4.78 is 17.3. The van der Waals surface area contributed by atoms with Gasteiger partial charge in [-0.3, -0.25) is 14.4 Å². The van der Waals surface area contributed by atoms with Crippen LogP contribution >= 0.6 is 15.9 Å². The number of rotatable bonds is 11. The van der Waals surface area contributed by atoms with Gasteiger partial charge in [0.05, 0.1) is 17.5 Å². The Morgan fingerprint density at radius 1 is 0.921 bits per heavy atom. The number of carbonyl (C=O) groups is 3. The molecule has 8 nitrogen and oxygen atoms in total. The summed E-state index contributed by atoms with van der Waals surface area (Å²) in [6, 6.07) is 23.3. The highest BCUT2D eigenvalue weighted by atomic mass is 79.9. The van der Waals surface area contributed by atoms with Gasteiger partial charge in [-0.05, 0) is 51.8 Å². The van der Waals surface area contributed by atoms with Crippen LogP contribution in [0.25, 0.3) is 0 Å². The molecule has 38 heavy (non-hydrogen) atoms. The molecule has 1 aliphatic heterocycles. The number of nitrogens with one attached hydrogen (secondary N) is 1. The zero-order chi connectivity index (χ0) is 26.7. The highest BCUT2D eigenvalue weighted by molar-refractivity contribution is 9.10. The van der Waals surface area contributed by atoms with Crippen molar-refractivity contribution in [2.24, 2.45) is 0 Å². The number of benzene rings is 3. The molecule has 0 aliphatic carbocycles. The molecule has 1 aliphatic rings. The van der Waals surface area contributed by atoms with E-state index in [1.807, 2.05) is 48.5 Å². The average Bonchev–Trinajstić information content (AvgIpc) is 2.94. The van der Waals surface area contributed by atoms with E-state index in [2.05, 4.69) is 21.2 Å². The lowest BCUT2D eigenvalue weighted by Crippen LogP contribution is -2.57. The third-order valence-corrected chi connectivity index (χ3v) is 6.60. The molecule has 3 aromatic carbocycles. The molecule has 0 saturated carbocycles. The van der Waals surface area contributed by atoms with Crippen LogP contribution < -0.4 is 14.8 Å². The first-order valence-electron chi connectivity index (χ1n) is 12.4. The SMILES string of the molecule is O=C(CC1C(=O)NCCN1C(=O)c1ccc(OCCc2ccccc2)c(Br)c1)OCCOc1ccccc1. The van der Waals surface area contributed by atoms with Crippen LogP contribution in [-0.4, -0.2) is 61.6 Å². The largest absolute Gasteiger partial charge is 0.492 e. The topological polar surface area (TPSA) is 94.2 Å². The number of ether oxygens (including phenoxy) is 3. The van der Waals surface area contributed by atoms with Crippen LogP contribution in [0, 0.1) is 0 Å². The fourth-order valence-electron chi connectivity index (χ4n) is 4.05. The molecule has 3 aromatic rings. The first kappa shape index (κ1) is 27.2. The van der Waals surface area contributed by atoms with E-state index in [1.54, 1.807) is 30.3 Å². The second kappa shape index (κ2) is 13.6. The van der Waals surface area contributed by atoms with Crippen molar-refractivity contribution < 1.29 is 28.6 Å². The molecule has 9 heteroatoms. The van der Waals surface area contributed by atoms with Gasteiger partial charge in [0.25, 0.3) is 5.91 Å². The van der Waals surface area contributed by atoms with Crippen LogP contribution in [0.3, 0.4) is 0 Å². The molecular weight excluding hydrogens is 552 g/mol. The van der Waals surface area contributed by atoms with Crippen molar-refractivity contribution in [1.29, 1.82) is 0 Å². The van der Waals surface area contributed by atoms with Crippen molar-refractivity contribution >= 4 is 33.7 Å². The van der Waals surface area contributed by atoms with Gasteiger partial charge in [-0.1, -0.05) is 48.5 Å². The van der Waals surface area contributed by atoms with Gasteiger partial charge < -0.3 is 24.4 Å². The highest BCUT2D eigenvalue weighted by Crippen LogP contribution is 2.27. The summed E-state index contributed by atoms with van der Waals surface area (Å²) in [7, 11) is 0. The lowest BCUT2D eigenvalue weighted by molar-refractivity contribution is -0.148. The monoisotopic (exact) mass is 580 g/mol. The molecule has 0 radical (unpaired) electrons. The summed E-state index contributed by atoms with van der Waals surface area (Å²) in [5.74, 6) is -0.0223. The first-order valence-corrected chi connectivity index (χ1v) is 13.2. The standard InChI is InChI=1S/C29H29BrN2O6/c30-24-19-22(11-12-26(24)37-16-13-21-7-3-1-4-8-21)29(35)32-15-14-31-28(34)25(32)20-27(33)38-18-17-36-23-9-5-2-6-10-23/h1-12,19,25H,13-18,20H2,(H,31,34). The molecule has 198 valence electrons. The first-order chi connectivity index (χ1) is 18.5. The third kappa shape index (κ3) is 7.58. The predicted octanol–water partition coefficient (Wildman–Crippen LogP) is 4.02. The summed E-state index contributed by atoms with van der Waals surface area (Å²) >= 11 is 3.48. The molecule has 1 saturated heterocycles. The van der Waals surface area contributed by atoms with Crippen molar-refractivity contribution in [1.82, 2.24) is 10.2 Å². The van der Waals surface area contributed by atoms with Gasteiger partial charge in [0.2, 0.25) is 5.91 Å². The zero-order valence-electron chi connectivity index (χ0n) is 20.8. The van der Waals surface area contributed by atoms with Crippen LogP contribution in [0.1, 0.15) is 22.3 Å². The lowest BCUT2D eigenvalue weighted by Gasteiger charge is -2.34. The van der Waals surface area contributed by atoms with Crippen LogP contribution in [0.4, 0.5) is 0 Å². The van der Waals surface area contributed by atoms with Gasteiger partial charge in [-0.15, -0.1) is 0 Å². The molecule has 0 aromatic heterocycles. The minimum atomic E-state index is -0.959. The maximum absolute atomic E-state index is 13.3. The third-order valence-electron chi connectivity index (χ3n) is 5.98. The second-order valence-corrected chi connectivity index (χ2v) is 9.48. The number of carbonyl (C=O) groups excluding carboxylic acids is 3. The summed E-state index contributed by atoms with van der Waals surface area (Å²) in [6.45, 7) is 1.30. The van der Waals surface area contributed by atoms with Crippen LogP contribution in [-0.2, 0) is 20.7 Å². The lowest BCUT2D eigenvalue weighted by atomic mass is 10.1. The number of amides is 2. The van der Waals surface area contributed by atoms with Crippen molar-refractivity contribution in [3.05, 3.63) is 94.5 Å². The maximum atomic E-state index is 13.3. The fourth-order valence-corrected chi connectivity index (χ4v) is 4.54. The molecule has 1 fully saturated rings. The van der Waals surface area contributed by atoms with E-state index in [0.29, 0.717) is 34.7 Å². The van der Waals surface area contributed by atoms with Gasteiger partial charge >= 0.3 is 5.97 Å². The Bertz CT molecular complexity index is 1240. The van der Waals surface area contributed by atoms with Gasteiger partial charge in [-0.25, -0.2) is 0 Å². The molecule has 2 amide bonds. The summed E-state index contributed by atoms with van der Waals surface area (Å²) in [5, 5.41) is 2.73. The fraction of sp³-hybridized carbons (Fsp3) is 0.276. The van der Waals surface area contributed by atoms with Crippen molar-refractivity contribution in [3.63, 3.8) is 0 Å². The van der Waals surface area contributed by atoms with Crippen molar-refractivity contribution in [2.75, 3.05) is 32.9 Å². The number of esters is 1. The van der Waals surface area contributed by atoms with E-state index in [9.17, 15) is 14.4 Å². The Morgan fingerprint density at radius 3 is 2.39 bits per heavy atom. The molecule has 4 rings (SSSR count). The smallest absolute Gasteiger partial charge is 0.308 e. The van der Waals surface area contributed by atoms with E-state index in [4.69, 9.17) is 14.2 Å². The summed E-state index contributed by atoms with van der Waals surface area (Å²) in [5.41, 5.74) is 1.56. The van der Waals surface area contributed by atoms with Gasteiger partial charge in [0.15, 0.2) is 0 Å². The molecule has 1 N–H and O–H groups in total. The number of para-hydroxylation sites is 1. The molecule has 1 atom stereocenters. The Labute approximate surface area is 230 Å². The van der Waals surface area contributed by atoms with Crippen LogP contribution in [0.2, 0.25) is 0 Å². The van der Waals surface area contributed by atoms with Gasteiger partial charge in [-0.2, -0.15) is 0 Å². The van der Waals surface area contributed by atoms with Crippen molar-refractivity contribution in [2.45, 2.75) is 18.9 Å². The van der Waals surface area contributed by atoms with Gasteiger partial charge in [0, 0.05) is 25.1 Å². The summed E-state index contributed by atoms with van der Waals surface area (Å²) in [6.07, 6.45) is 0.512. The number of piperazine rings is 1. The molecular formula is C29H29BrN2O6. The molecule has 1 unspecified atom stereocenters. The quantitative estimate of drug-likeness (QED) is 0.272. The predicted molar refractivity (Wildman–Crippen MR) is 145 cm³/mol. The van der Waals surface area contributed by atoms with E-state index >= 15 is 0 Å². The van der Waals surface area contributed by atoms with E-state index < -0.39 is 12.0 Å². The molecule has 0 spiro atoms. The minimum Gasteiger partial charge on any atom is -0.492 e. The minimum absolute atomic E-state index is 0.0364. The number of hydrogen-bond donors (Lipinski definition) is 1. The molecule has 0 bridgehead atoms. The zero-order valence-corrected chi connectivity index (χ0v) is 22.4. The van der Waals surface area contributed by atoms with Crippen molar-refractivity contribution in [3.8, 4) is 11.5 Å². The normalized spacial score (nSPS) is 14.9. The maximum Gasteiger partial charge on any atom is 0.308 e. The van der Waals surface area contributed by atoms with Crippen LogP contribution in [0.5, 0.6) is 11.5 Å². The number of hydrogen-bond acceptors (Lipinski definition) is 6. The van der Waals surface area contributed by atoms with E-state index in [1.165, 1.54) is 10.5 Å². The number of halogens is 1. The Balaban J connectivity index is 1.31. The van der Waals surface area contributed by atoms with Crippen LogP contribution in [0.15, 0.2) is 83.3 Å². The second-order valence-electron chi connectivity index (χ2n) is 8.62. The summed E-state index contributed by atoms with van der Waals surface area (Å²) in [4.78, 5) is 39.8. The van der Waals surface area contributed by atoms with E-state index in [0.717, 1.165) is 6.42 Å².